The van der Waals surface area contributed by atoms with Gasteiger partial charge in [-0.1, -0.05) is 36.4 Å². The highest BCUT2D eigenvalue weighted by Crippen LogP contribution is 2.32. The van der Waals surface area contributed by atoms with Crippen molar-refractivity contribution in [2.75, 3.05) is 81.6 Å². The SMILES string of the molecule is COc1ccc(NC(=O)N2CCN(c3cccc4ccccc34)CC2)cc1N1CCN(C)CC1.O=C(O)/C=C/C(=O)O. The number of likely N-dealkylation sites (N-methyl/N-ethyl adjacent to an activating group) is 1. The first-order chi connectivity index (χ1) is 20.2. The molecule has 11 nitrogen and oxygen atoms in total. The summed E-state index contributed by atoms with van der Waals surface area (Å²) in [6, 6.07) is 20.8. The van der Waals surface area contributed by atoms with Gasteiger partial charge in [-0.05, 0) is 36.7 Å². The number of aliphatic carboxylic acids is 2. The zero-order valence-electron chi connectivity index (χ0n) is 23.9. The lowest BCUT2D eigenvalue weighted by Crippen LogP contribution is -2.50. The first kappa shape index (κ1) is 30.2. The Morgan fingerprint density at radius 1 is 0.762 bits per heavy atom. The third kappa shape index (κ3) is 7.91. The Morgan fingerprint density at radius 3 is 2.00 bits per heavy atom. The van der Waals surface area contributed by atoms with Crippen LogP contribution in [-0.2, 0) is 9.59 Å². The predicted molar refractivity (Wildman–Crippen MR) is 164 cm³/mol. The number of ether oxygens (including phenoxy) is 1. The molecule has 2 aliphatic rings. The molecule has 42 heavy (non-hydrogen) atoms. The van der Waals surface area contributed by atoms with Crippen molar-refractivity contribution in [3.63, 3.8) is 0 Å². The monoisotopic (exact) mass is 575 g/mol. The number of hydrogen-bond acceptors (Lipinski definition) is 7. The van der Waals surface area contributed by atoms with Gasteiger partial charge in [-0.3, -0.25) is 0 Å². The average Bonchev–Trinajstić information content (AvgIpc) is 3.00. The number of rotatable bonds is 6. The fourth-order valence-electron chi connectivity index (χ4n) is 5.04. The molecule has 0 aromatic heterocycles. The van der Waals surface area contributed by atoms with Crippen LogP contribution < -0.4 is 19.9 Å². The van der Waals surface area contributed by atoms with Crippen molar-refractivity contribution in [3.05, 3.63) is 72.8 Å². The third-order valence-electron chi connectivity index (χ3n) is 7.32. The molecule has 0 spiro atoms. The lowest BCUT2D eigenvalue weighted by atomic mass is 10.1. The van der Waals surface area contributed by atoms with Crippen molar-refractivity contribution in [1.82, 2.24) is 9.80 Å². The minimum atomic E-state index is -1.26. The van der Waals surface area contributed by atoms with E-state index in [1.54, 1.807) is 7.11 Å². The molecule has 0 aliphatic carbocycles. The van der Waals surface area contributed by atoms with Crippen molar-refractivity contribution < 1.29 is 29.3 Å². The number of fused-ring (bicyclic) bond motifs is 1. The summed E-state index contributed by atoms with van der Waals surface area (Å²) in [5, 5.41) is 21.2. The van der Waals surface area contributed by atoms with Crippen LogP contribution in [0.3, 0.4) is 0 Å². The molecule has 2 fully saturated rings. The van der Waals surface area contributed by atoms with E-state index in [0.717, 1.165) is 56.4 Å². The van der Waals surface area contributed by atoms with E-state index >= 15 is 0 Å². The van der Waals surface area contributed by atoms with E-state index in [1.165, 1.54) is 16.5 Å². The summed E-state index contributed by atoms with van der Waals surface area (Å²) in [5.74, 6) is -1.67. The second-order valence-corrected chi connectivity index (χ2v) is 10.1. The number of benzene rings is 3. The van der Waals surface area contributed by atoms with Gasteiger partial charge in [-0.15, -0.1) is 0 Å². The van der Waals surface area contributed by atoms with Crippen LogP contribution in [-0.4, -0.2) is 104 Å². The quantitative estimate of drug-likeness (QED) is 0.378. The minimum absolute atomic E-state index is 0.0490. The van der Waals surface area contributed by atoms with Crippen molar-refractivity contribution >= 4 is 45.8 Å². The first-order valence-electron chi connectivity index (χ1n) is 13.8. The molecule has 0 radical (unpaired) electrons. The number of carboxylic acids is 2. The Hall–Kier alpha value is -4.77. The summed E-state index contributed by atoms with van der Waals surface area (Å²) in [4.78, 5) is 41.1. The molecule has 2 aliphatic heterocycles. The lowest BCUT2D eigenvalue weighted by molar-refractivity contribution is -0.134. The Balaban J connectivity index is 0.000000446. The summed E-state index contributed by atoms with van der Waals surface area (Å²) in [5.41, 5.74) is 3.08. The van der Waals surface area contributed by atoms with E-state index < -0.39 is 11.9 Å². The van der Waals surface area contributed by atoms with E-state index in [9.17, 15) is 14.4 Å². The number of methoxy groups -OCH3 is 1. The standard InChI is InChI=1S/C27H33N5O2.C4H4O4/c1-29-12-14-31(15-13-29)25-20-22(10-11-26(25)34-2)28-27(33)32-18-16-30(17-19-32)24-9-5-7-21-6-3-4-8-23(21)24;5-3(6)1-2-4(7)8/h3-11,20H,12-19H2,1-2H3,(H,28,33);1-2H,(H,5,6)(H,7,8)/b;2-1+. The van der Waals surface area contributed by atoms with Crippen molar-refractivity contribution in [2.24, 2.45) is 0 Å². The first-order valence-corrected chi connectivity index (χ1v) is 13.8. The van der Waals surface area contributed by atoms with Crippen LogP contribution in [0.25, 0.3) is 10.8 Å². The zero-order valence-corrected chi connectivity index (χ0v) is 23.9. The van der Waals surface area contributed by atoms with Gasteiger partial charge in [0.1, 0.15) is 5.75 Å². The fourth-order valence-corrected chi connectivity index (χ4v) is 5.04. The molecule has 2 heterocycles. The smallest absolute Gasteiger partial charge is 0.328 e. The van der Waals surface area contributed by atoms with Crippen LogP contribution in [0.1, 0.15) is 0 Å². The van der Waals surface area contributed by atoms with Crippen molar-refractivity contribution in [2.45, 2.75) is 0 Å². The van der Waals surface area contributed by atoms with Gasteiger partial charge in [0.05, 0.1) is 12.8 Å². The normalized spacial score (nSPS) is 15.7. The molecule has 2 amide bonds. The van der Waals surface area contributed by atoms with E-state index in [2.05, 4.69) is 69.5 Å². The van der Waals surface area contributed by atoms with E-state index in [-0.39, 0.29) is 6.03 Å². The van der Waals surface area contributed by atoms with Crippen LogP contribution in [0.2, 0.25) is 0 Å². The number of nitrogens with zero attached hydrogens (tertiary/aromatic N) is 4. The Bertz CT molecular complexity index is 1410. The average molecular weight is 576 g/mol. The maximum atomic E-state index is 13.1. The van der Waals surface area contributed by atoms with Crippen molar-refractivity contribution in [3.8, 4) is 5.75 Å². The van der Waals surface area contributed by atoms with Gasteiger partial charge in [0.2, 0.25) is 0 Å². The second-order valence-electron chi connectivity index (χ2n) is 10.1. The zero-order chi connectivity index (χ0) is 30.1. The second kappa shape index (κ2) is 14.2. The maximum Gasteiger partial charge on any atom is 0.328 e. The Morgan fingerprint density at radius 2 is 1.36 bits per heavy atom. The van der Waals surface area contributed by atoms with Crippen LogP contribution in [0.15, 0.2) is 72.8 Å². The van der Waals surface area contributed by atoms with Gasteiger partial charge in [-0.25, -0.2) is 14.4 Å². The number of carboxylic acid groups (broad SMARTS) is 2. The minimum Gasteiger partial charge on any atom is -0.495 e. The van der Waals surface area contributed by atoms with Crippen LogP contribution >= 0.6 is 0 Å². The molecule has 3 N–H and O–H groups in total. The molecule has 0 unspecified atom stereocenters. The lowest BCUT2D eigenvalue weighted by Gasteiger charge is -2.37. The number of nitrogens with one attached hydrogen (secondary N) is 1. The number of carbonyl (C=O) groups is 3. The molecule has 0 atom stereocenters. The molecule has 3 aromatic rings. The number of anilines is 3. The number of piperazine rings is 2. The number of carbonyl (C=O) groups excluding carboxylic acids is 1. The number of amides is 2. The highest BCUT2D eigenvalue weighted by Gasteiger charge is 2.23. The molecule has 0 saturated carbocycles. The van der Waals surface area contributed by atoms with E-state index in [1.807, 2.05) is 23.1 Å². The Labute approximate surface area is 245 Å². The van der Waals surface area contributed by atoms with Gasteiger partial charge < -0.3 is 39.9 Å². The molecule has 11 heteroatoms. The summed E-state index contributed by atoms with van der Waals surface area (Å²) < 4.78 is 5.60. The Kier molecular flexibility index (Phi) is 10.2. The van der Waals surface area contributed by atoms with Gasteiger partial charge in [0.15, 0.2) is 0 Å². The summed E-state index contributed by atoms with van der Waals surface area (Å²) >= 11 is 0. The third-order valence-corrected chi connectivity index (χ3v) is 7.32. The largest absolute Gasteiger partial charge is 0.495 e. The highest BCUT2D eigenvalue weighted by molar-refractivity contribution is 5.95. The predicted octanol–water partition coefficient (Wildman–Crippen LogP) is 3.67. The topological polar surface area (TPSA) is 126 Å². The van der Waals surface area contributed by atoms with Gasteiger partial charge >= 0.3 is 18.0 Å². The van der Waals surface area contributed by atoms with Gasteiger partial charge in [0.25, 0.3) is 0 Å². The van der Waals surface area contributed by atoms with Gasteiger partial charge in [-0.2, -0.15) is 0 Å². The van der Waals surface area contributed by atoms with Crippen LogP contribution in [0.5, 0.6) is 5.75 Å². The van der Waals surface area contributed by atoms with Gasteiger partial charge in [0, 0.05) is 81.3 Å². The fraction of sp³-hybridized carbons (Fsp3) is 0.323. The summed E-state index contributed by atoms with van der Waals surface area (Å²) in [7, 11) is 3.84. The molecule has 5 rings (SSSR count). The molecule has 2 saturated heterocycles. The molecule has 222 valence electrons. The molecular formula is C31H37N5O6. The highest BCUT2D eigenvalue weighted by atomic mass is 16.5. The van der Waals surface area contributed by atoms with Crippen LogP contribution in [0, 0.1) is 0 Å². The number of urea groups is 1. The summed E-state index contributed by atoms with van der Waals surface area (Å²) in [6.45, 7) is 6.93. The molecule has 3 aromatic carbocycles. The maximum absolute atomic E-state index is 13.1. The van der Waals surface area contributed by atoms with Crippen LogP contribution in [0.4, 0.5) is 21.9 Å². The van der Waals surface area contributed by atoms with Crippen molar-refractivity contribution in [1.29, 1.82) is 0 Å². The number of hydrogen-bond donors (Lipinski definition) is 3. The van der Waals surface area contributed by atoms with E-state index in [0.29, 0.717) is 25.2 Å². The summed E-state index contributed by atoms with van der Waals surface area (Å²) in [6.07, 6.45) is 1.12. The van der Waals surface area contributed by atoms with E-state index in [4.69, 9.17) is 14.9 Å². The molecule has 0 bridgehead atoms. The molecular weight excluding hydrogens is 538 g/mol.